The minimum absolute atomic E-state index is 0.0525. The van der Waals surface area contributed by atoms with E-state index in [1.807, 2.05) is 0 Å². The van der Waals surface area contributed by atoms with E-state index in [9.17, 15) is 4.79 Å². The molecule has 0 atom stereocenters. The predicted octanol–water partition coefficient (Wildman–Crippen LogP) is 7.89. The number of hydrogen-bond acceptors (Lipinski definition) is 1. The van der Waals surface area contributed by atoms with E-state index in [2.05, 4.69) is 31.0 Å². The monoisotopic (exact) mass is 377 g/mol. The van der Waals surface area contributed by atoms with Gasteiger partial charge in [-0.2, -0.15) is 0 Å². The predicted molar refractivity (Wildman–Crippen MR) is 121 cm³/mol. The van der Waals surface area contributed by atoms with Crippen LogP contribution in [0.1, 0.15) is 122 Å². The van der Waals surface area contributed by atoms with Crippen LogP contribution in [0.25, 0.3) is 0 Å². The van der Waals surface area contributed by atoms with Gasteiger partial charge in [-0.05, 0) is 38.2 Å². The molecule has 0 aromatic carbocycles. The van der Waals surface area contributed by atoms with Crippen molar-refractivity contribution in [3.8, 4) is 0 Å². The van der Waals surface area contributed by atoms with E-state index in [1.54, 1.807) is 0 Å². The Hall–Kier alpha value is -1.05. The number of allylic oxidation sites excluding steroid dienone is 2. The topological polar surface area (TPSA) is 29.1 Å². The van der Waals surface area contributed by atoms with Gasteiger partial charge in [0.15, 0.2) is 0 Å². The van der Waals surface area contributed by atoms with Gasteiger partial charge in [-0.3, -0.25) is 4.79 Å². The quantitative estimate of drug-likeness (QED) is 0.123. The molecule has 0 aliphatic rings. The fourth-order valence-corrected chi connectivity index (χ4v) is 3.36. The molecule has 1 N–H and O–H groups in total. The van der Waals surface area contributed by atoms with Gasteiger partial charge in [0, 0.05) is 6.54 Å². The fourth-order valence-electron chi connectivity index (χ4n) is 3.36. The largest absolute Gasteiger partial charge is 0.353 e. The second kappa shape index (κ2) is 23.0. The van der Waals surface area contributed by atoms with Gasteiger partial charge in [0.25, 0.3) is 0 Å². The van der Waals surface area contributed by atoms with Crippen LogP contribution in [0, 0.1) is 0 Å². The van der Waals surface area contributed by atoms with Gasteiger partial charge in [0.2, 0.25) is 5.91 Å². The van der Waals surface area contributed by atoms with E-state index in [4.69, 9.17) is 0 Å². The van der Waals surface area contributed by atoms with Crippen molar-refractivity contribution in [3.63, 3.8) is 0 Å². The molecule has 0 saturated carbocycles. The molecule has 0 rings (SSSR count). The summed E-state index contributed by atoms with van der Waals surface area (Å²) in [5, 5.41) is 2.83. The Morgan fingerprint density at radius 3 is 1.52 bits per heavy atom. The normalized spacial score (nSPS) is 11.1. The molecule has 0 radical (unpaired) electrons. The highest BCUT2D eigenvalue weighted by Gasteiger charge is 1.95. The SMILES string of the molecule is C=CC(=O)NCCCCCCCCCCCC/C=C\CCCCCCCC. The second-order valence-electron chi connectivity index (χ2n) is 7.85. The molecule has 0 aromatic heterocycles. The van der Waals surface area contributed by atoms with Crippen molar-refractivity contribution >= 4 is 5.91 Å². The first-order chi connectivity index (χ1) is 13.3. The Balaban J connectivity index is 3.09. The Bertz CT molecular complexity index is 348. The Kier molecular flexibility index (Phi) is 22.1. The molecule has 0 spiro atoms. The molecule has 0 aromatic rings. The molecule has 0 fully saturated rings. The maximum atomic E-state index is 11.0. The summed E-state index contributed by atoms with van der Waals surface area (Å²) in [6.07, 6.45) is 30.4. The van der Waals surface area contributed by atoms with Crippen molar-refractivity contribution in [2.45, 2.75) is 122 Å². The summed E-state index contributed by atoms with van der Waals surface area (Å²) in [6, 6.07) is 0. The first kappa shape index (κ1) is 26.0. The minimum atomic E-state index is -0.0525. The molecule has 27 heavy (non-hydrogen) atoms. The van der Waals surface area contributed by atoms with Gasteiger partial charge < -0.3 is 5.32 Å². The van der Waals surface area contributed by atoms with Crippen molar-refractivity contribution < 1.29 is 4.79 Å². The molecule has 2 nitrogen and oxygen atoms in total. The zero-order valence-corrected chi connectivity index (χ0v) is 18.3. The van der Waals surface area contributed by atoms with Crippen LogP contribution in [-0.4, -0.2) is 12.5 Å². The van der Waals surface area contributed by atoms with Gasteiger partial charge in [0.05, 0.1) is 0 Å². The standard InChI is InChI=1S/C25H47NO/c1-3-5-6-7-8-9-10-11-12-13-14-15-16-17-18-19-20-21-22-23-24-26-25(27)4-2/h4,11-12H,2-3,5-10,13-24H2,1H3,(H,26,27)/b12-11-. The van der Waals surface area contributed by atoms with E-state index in [0.29, 0.717) is 0 Å². The Morgan fingerprint density at radius 2 is 1.07 bits per heavy atom. The van der Waals surface area contributed by atoms with E-state index < -0.39 is 0 Å². The summed E-state index contributed by atoms with van der Waals surface area (Å²) >= 11 is 0. The number of nitrogens with one attached hydrogen (secondary N) is 1. The van der Waals surface area contributed by atoms with Crippen LogP contribution in [0.3, 0.4) is 0 Å². The van der Waals surface area contributed by atoms with Crippen LogP contribution in [0.4, 0.5) is 0 Å². The third kappa shape index (κ3) is 22.9. The van der Waals surface area contributed by atoms with Gasteiger partial charge in [-0.25, -0.2) is 0 Å². The van der Waals surface area contributed by atoms with Crippen LogP contribution in [0.5, 0.6) is 0 Å². The molecule has 0 heterocycles. The lowest BCUT2D eigenvalue weighted by molar-refractivity contribution is -0.116. The van der Waals surface area contributed by atoms with Crippen LogP contribution >= 0.6 is 0 Å². The Labute approximate surface area is 170 Å². The van der Waals surface area contributed by atoms with E-state index in [0.717, 1.165) is 13.0 Å². The smallest absolute Gasteiger partial charge is 0.243 e. The number of carbonyl (C=O) groups is 1. The summed E-state index contributed by atoms with van der Waals surface area (Å²) in [7, 11) is 0. The zero-order valence-electron chi connectivity index (χ0n) is 18.3. The van der Waals surface area contributed by atoms with Crippen LogP contribution in [0.15, 0.2) is 24.8 Å². The molecular formula is C25H47NO. The molecule has 0 aliphatic heterocycles. The van der Waals surface area contributed by atoms with Crippen LogP contribution < -0.4 is 5.32 Å². The maximum Gasteiger partial charge on any atom is 0.243 e. The zero-order chi connectivity index (χ0) is 19.8. The lowest BCUT2D eigenvalue weighted by Gasteiger charge is -2.03. The van der Waals surface area contributed by atoms with Gasteiger partial charge >= 0.3 is 0 Å². The highest BCUT2D eigenvalue weighted by Crippen LogP contribution is 2.12. The first-order valence-electron chi connectivity index (χ1n) is 11.9. The number of amides is 1. The lowest BCUT2D eigenvalue weighted by atomic mass is 10.1. The molecule has 0 unspecified atom stereocenters. The molecule has 0 saturated heterocycles. The molecule has 2 heteroatoms. The van der Waals surface area contributed by atoms with Crippen molar-refractivity contribution in [1.82, 2.24) is 5.32 Å². The lowest BCUT2D eigenvalue weighted by Crippen LogP contribution is -2.21. The summed E-state index contributed by atoms with van der Waals surface area (Å²) in [5.41, 5.74) is 0. The number of unbranched alkanes of at least 4 members (excludes halogenated alkanes) is 16. The average molecular weight is 378 g/mol. The summed E-state index contributed by atoms with van der Waals surface area (Å²) in [5.74, 6) is -0.0525. The summed E-state index contributed by atoms with van der Waals surface area (Å²) in [6.45, 7) is 6.52. The van der Waals surface area contributed by atoms with Gasteiger partial charge in [-0.1, -0.05) is 109 Å². The number of carbonyl (C=O) groups excluding carboxylic acids is 1. The molecule has 0 aliphatic carbocycles. The maximum absolute atomic E-state index is 11.0. The number of rotatable bonds is 21. The third-order valence-electron chi connectivity index (χ3n) is 5.17. The van der Waals surface area contributed by atoms with E-state index >= 15 is 0 Å². The third-order valence-corrected chi connectivity index (χ3v) is 5.17. The molecule has 0 bridgehead atoms. The second-order valence-corrected chi connectivity index (χ2v) is 7.85. The van der Waals surface area contributed by atoms with Crippen molar-refractivity contribution in [2.75, 3.05) is 6.54 Å². The highest BCUT2D eigenvalue weighted by atomic mass is 16.1. The highest BCUT2D eigenvalue weighted by molar-refractivity contribution is 5.86. The van der Waals surface area contributed by atoms with Gasteiger partial charge in [-0.15, -0.1) is 0 Å². The summed E-state index contributed by atoms with van der Waals surface area (Å²) in [4.78, 5) is 11.0. The molecular weight excluding hydrogens is 330 g/mol. The molecule has 1 amide bonds. The number of hydrogen-bond donors (Lipinski definition) is 1. The van der Waals surface area contributed by atoms with E-state index in [-0.39, 0.29) is 5.91 Å². The molecule has 158 valence electrons. The Morgan fingerprint density at radius 1 is 0.667 bits per heavy atom. The fraction of sp³-hybridized carbons (Fsp3) is 0.800. The van der Waals surface area contributed by atoms with Gasteiger partial charge in [0.1, 0.15) is 0 Å². The average Bonchev–Trinajstić information content (AvgIpc) is 2.68. The van der Waals surface area contributed by atoms with E-state index in [1.165, 1.54) is 115 Å². The van der Waals surface area contributed by atoms with Crippen LogP contribution in [-0.2, 0) is 4.79 Å². The van der Waals surface area contributed by atoms with Crippen molar-refractivity contribution in [1.29, 1.82) is 0 Å². The summed E-state index contributed by atoms with van der Waals surface area (Å²) < 4.78 is 0. The van der Waals surface area contributed by atoms with Crippen molar-refractivity contribution in [2.24, 2.45) is 0 Å². The minimum Gasteiger partial charge on any atom is -0.353 e. The first-order valence-corrected chi connectivity index (χ1v) is 11.9. The van der Waals surface area contributed by atoms with Crippen LogP contribution in [0.2, 0.25) is 0 Å². The van der Waals surface area contributed by atoms with Crippen molar-refractivity contribution in [3.05, 3.63) is 24.8 Å².